The number of aromatic nitrogens is 1. The van der Waals surface area contributed by atoms with Crippen LogP contribution in [-0.4, -0.2) is 38.3 Å². The van der Waals surface area contributed by atoms with Gasteiger partial charge in [-0.2, -0.15) is 0 Å². The van der Waals surface area contributed by atoms with Crippen LogP contribution in [0.25, 0.3) is 0 Å². The number of rotatable bonds is 5. The molecule has 1 heterocycles. The normalized spacial score (nSPS) is 9.94. The molecule has 0 aliphatic rings. The quantitative estimate of drug-likeness (QED) is 0.591. The van der Waals surface area contributed by atoms with Crippen molar-refractivity contribution in [2.24, 2.45) is 0 Å². The van der Waals surface area contributed by atoms with E-state index in [4.69, 9.17) is 4.74 Å². The van der Waals surface area contributed by atoms with Crippen molar-refractivity contribution in [2.75, 3.05) is 27.3 Å². The molecule has 1 aromatic heterocycles. The van der Waals surface area contributed by atoms with Crippen molar-refractivity contribution in [1.29, 1.82) is 0 Å². The van der Waals surface area contributed by atoms with E-state index in [0.29, 0.717) is 23.7 Å². The van der Waals surface area contributed by atoms with Crippen LogP contribution in [0.5, 0.6) is 5.88 Å². The maximum atomic E-state index is 11.3. The molecule has 5 heteroatoms. The van der Waals surface area contributed by atoms with Gasteiger partial charge in [-0.15, -0.1) is 0 Å². The van der Waals surface area contributed by atoms with E-state index in [2.05, 4.69) is 15.0 Å². The first-order valence-electron chi connectivity index (χ1n) is 5.02. The number of nitrogens with one attached hydrogen (secondary N) is 1. The molecule has 0 saturated heterocycles. The average Bonchev–Trinajstić information content (AvgIpc) is 2.29. The molecule has 0 aliphatic heterocycles. The molecule has 5 nitrogen and oxygen atoms in total. The summed E-state index contributed by atoms with van der Waals surface area (Å²) in [5.41, 5.74) is 1.07. The molecular weight excluding hydrogens is 208 g/mol. The molecule has 1 N–H and O–H groups in total. The summed E-state index contributed by atoms with van der Waals surface area (Å²) >= 11 is 0. The molecule has 1 aromatic rings. The summed E-state index contributed by atoms with van der Waals surface area (Å²) in [5.74, 6) is 0.132. The van der Waals surface area contributed by atoms with E-state index in [9.17, 15) is 4.79 Å². The van der Waals surface area contributed by atoms with Crippen molar-refractivity contribution < 1.29 is 14.3 Å². The molecule has 0 bridgehead atoms. The summed E-state index contributed by atoms with van der Waals surface area (Å²) in [5, 5.41) is 2.96. The number of pyridine rings is 1. The first kappa shape index (κ1) is 12.4. The smallest absolute Gasteiger partial charge is 0.339 e. The molecule has 0 unspecified atom stereocenters. The van der Waals surface area contributed by atoms with Gasteiger partial charge in [0.2, 0.25) is 5.88 Å². The fraction of sp³-hybridized carbons (Fsp3) is 0.455. The molecule has 16 heavy (non-hydrogen) atoms. The van der Waals surface area contributed by atoms with Crippen molar-refractivity contribution in [3.8, 4) is 5.88 Å². The molecule has 1 rings (SSSR count). The lowest BCUT2D eigenvalue weighted by Gasteiger charge is -2.07. The van der Waals surface area contributed by atoms with Gasteiger partial charge in [0.15, 0.2) is 0 Å². The minimum atomic E-state index is -0.383. The molecule has 0 spiro atoms. The van der Waals surface area contributed by atoms with Gasteiger partial charge in [-0.3, -0.25) is 0 Å². The topological polar surface area (TPSA) is 60.5 Å². The monoisotopic (exact) mass is 224 g/mol. The Morgan fingerprint density at radius 2 is 2.25 bits per heavy atom. The van der Waals surface area contributed by atoms with E-state index in [-0.39, 0.29) is 5.97 Å². The van der Waals surface area contributed by atoms with Crippen LogP contribution in [0.15, 0.2) is 12.1 Å². The van der Waals surface area contributed by atoms with E-state index in [1.165, 1.54) is 7.11 Å². The number of carbonyl (C=O) groups excluding carboxylic acids is 1. The number of hydrogen-bond acceptors (Lipinski definition) is 5. The van der Waals surface area contributed by atoms with Crippen molar-refractivity contribution >= 4 is 5.97 Å². The first-order valence-corrected chi connectivity index (χ1v) is 5.02. The van der Waals surface area contributed by atoms with Gasteiger partial charge in [0, 0.05) is 12.6 Å². The Morgan fingerprint density at radius 1 is 1.50 bits per heavy atom. The first-order chi connectivity index (χ1) is 7.69. The fourth-order valence-corrected chi connectivity index (χ4v) is 1.20. The predicted molar refractivity (Wildman–Crippen MR) is 59.7 cm³/mol. The maximum Gasteiger partial charge on any atom is 0.339 e. The van der Waals surface area contributed by atoms with Gasteiger partial charge in [-0.05, 0) is 20.0 Å². The zero-order valence-electron chi connectivity index (χ0n) is 9.74. The molecule has 0 saturated carbocycles. The van der Waals surface area contributed by atoms with Gasteiger partial charge in [0.05, 0.1) is 18.4 Å². The number of esters is 1. The summed E-state index contributed by atoms with van der Waals surface area (Å²) < 4.78 is 10.00. The Morgan fingerprint density at radius 3 is 2.81 bits per heavy atom. The number of methoxy groups -OCH3 is 1. The van der Waals surface area contributed by atoms with E-state index in [1.54, 1.807) is 19.1 Å². The Kier molecular flexibility index (Phi) is 4.72. The van der Waals surface area contributed by atoms with Crippen LogP contribution in [0.3, 0.4) is 0 Å². The van der Waals surface area contributed by atoms with Crippen LogP contribution in [-0.2, 0) is 4.74 Å². The zero-order valence-corrected chi connectivity index (χ0v) is 9.74. The Hall–Kier alpha value is -1.62. The number of ether oxygens (including phenoxy) is 2. The molecule has 88 valence electrons. The van der Waals surface area contributed by atoms with Gasteiger partial charge >= 0.3 is 5.97 Å². The maximum absolute atomic E-state index is 11.3. The lowest BCUT2D eigenvalue weighted by Crippen LogP contribution is -2.16. The molecule has 0 radical (unpaired) electrons. The SMILES string of the molecule is CNCCOc1ccc(C(=O)OC)c(C)n1. The second-order valence-electron chi connectivity index (χ2n) is 3.23. The molecular formula is C11H16N2O3. The summed E-state index contributed by atoms with van der Waals surface area (Å²) in [6.45, 7) is 3.04. The number of aryl methyl sites for hydroxylation is 1. The number of hydrogen-bond donors (Lipinski definition) is 1. The number of likely N-dealkylation sites (N-methyl/N-ethyl adjacent to an activating group) is 1. The van der Waals surface area contributed by atoms with Gasteiger partial charge in [0.1, 0.15) is 6.61 Å². The van der Waals surface area contributed by atoms with Crippen LogP contribution < -0.4 is 10.1 Å². The van der Waals surface area contributed by atoms with Crippen molar-refractivity contribution in [2.45, 2.75) is 6.92 Å². The highest BCUT2D eigenvalue weighted by molar-refractivity contribution is 5.90. The summed E-state index contributed by atoms with van der Waals surface area (Å²) in [6, 6.07) is 3.32. The number of nitrogens with zero attached hydrogens (tertiary/aromatic N) is 1. The highest BCUT2D eigenvalue weighted by Crippen LogP contribution is 2.13. The van der Waals surface area contributed by atoms with Crippen LogP contribution >= 0.6 is 0 Å². The van der Waals surface area contributed by atoms with Gasteiger partial charge < -0.3 is 14.8 Å². The lowest BCUT2D eigenvalue weighted by molar-refractivity contribution is 0.0599. The third kappa shape index (κ3) is 3.20. The largest absolute Gasteiger partial charge is 0.476 e. The minimum Gasteiger partial charge on any atom is -0.476 e. The number of carbonyl (C=O) groups is 1. The summed E-state index contributed by atoms with van der Waals surface area (Å²) in [7, 11) is 3.20. The van der Waals surface area contributed by atoms with Crippen molar-refractivity contribution in [1.82, 2.24) is 10.3 Å². The highest BCUT2D eigenvalue weighted by atomic mass is 16.5. The molecule has 0 atom stereocenters. The average molecular weight is 224 g/mol. The lowest BCUT2D eigenvalue weighted by atomic mass is 10.2. The standard InChI is InChI=1S/C11H16N2O3/c1-8-9(11(14)15-3)4-5-10(13-8)16-7-6-12-2/h4-5,12H,6-7H2,1-3H3. The Balaban J connectivity index is 2.71. The molecule has 0 fully saturated rings. The second kappa shape index (κ2) is 6.07. The summed E-state index contributed by atoms with van der Waals surface area (Å²) in [6.07, 6.45) is 0. The van der Waals surface area contributed by atoms with Gasteiger partial charge in [-0.25, -0.2) is 9.78 Å². The zero-order chi connectivity index (χ0) is 12.0. The summed E-state index contributed by atoms with van der Waals surface area (Å²) in [4.78, 5) is 15.5. The predicted octanol–water partition coefficient (Wildman–Crippen LogP) is 0.775. The van der Waals surface area contributed by atoms with Crippen molar-refractivity contribution in [3.63, 3.8) is 0 Å². The molecule has 0 amide bonds. The fourth-order valence-electron chi connectivity index (χ4n) is 1.20. The molecule has 0 aliphatic carbocycles. The Bertz CT molecular complexity index is 366. The Labute approximate surface area is 94.8 Å². The molecule has 0 aromatic carbocycles. The van der Waals surface area contributed by atoms with Gasteiger partial charge in [0.25, 0.3) is 0 Å². The third-order valence-corrected chi connectivity index (χ3v) is 2.07. The van der Waals surface area contributed by atoms with Crippen LogP contribution in [0, 0.1) is 6.92 Å². The van der Waals surface area contributed by atoms with E-state index < -0.39 is 0 Å². The van der Waals surface area contributed by atoms with E-state index in [1.807, 2.05) is 7.05 Å². The second-order valence-corrected chi connectivity index (χ2v) is 3.23. The van der Waals surface area contributed by atoms with E-state index >= 15 is 0 Å². The van der Waals surface area contributed by atoms with Crippen LogP contribution in [0.4, 0.5) is 0 Å². The van der Waals surface area contributed by atoms with E-state index in [0.717, 1.165) is 6.54 Å². The highest BCUT2D eigenvalue weighted by Gasteiger charge is 2.10. The van der Waals surface area contributed by atoms with Crippen LogP contribution in [0.2, 0.25) is 0 Å². The van der Waals surface area contributed by atoms with Gasteiger partial charge in [-0.1, -0.05) is 0 Å². The van der Waals surface area contributed by atoms with Crippen LogP contribution in [0.1, 0.15) is 16.1 Å². The third-order valence-electron chi connectivity index (χ3n) is 2.07. The van der Waals surface area contributed by atoms with Crippen molar-refractivity contribution in [3.05, 3.63) is 23.4 Å². The minimum absolute atomic E-state index is 0.383.